The average molecular weight is 283 g/mol. The van der Waals surface area contributed by atoms with Gasteiger partial charge >= 0.3 is 6.18 Å². The molecular formula is C13H12F3N3O. The van der Waals surface area contributed by atoms with Crippen molar-refractivity contribution in [3.8, 4) is 5.75 Å². The van der Waals surface area contributed by atoms with E-state index in [1.54, 1.807) is 30.6 Å². The molecule has 0 radical (unpaired) electrons. The molecule has 0 bridgehead atoms. The van der Waals surface area contributed by atoms with Crippen LogP contribution in [0.15, 0.2) is 43.0 Å². The second kappa shape index (κ2) is 6.23. The van der Waals surface area contributed by atoms with Gasteiger partial charge in [-0.3, -0.25) is 0 Å². The summed E-state index contributed by atoms with van der Waals surface area (Å²) >= 11 is 0. The number of halogens is 3. The molecule has 0 atom stereocenters. The highest BCUT2D eigenvalue weighted by atomic mass is 19.4. The number of nitrogens with one attached hydrogen (secondary N) is 1. The highest BCUT2D eigenvalue weighted by molar-refractivity contribution is 5.56. The molecule has 2 rings (SSSR count). The maximum Gasteiger partial charge on any atom is 0.422 e. The van der Waals surface area contributed by atoms with Gasteiger partial charge in [0, 0.05) is 24.5 Å². The normalized spacial score (nSPS) is 11.2. The number of nitrogens with zero attached hydrogens (tertiary/aromatic N) is 2. The fourth-order valence-electron chi connectivity index (χ4n) is 1.52. The summed E-state index contributed by atoms with van der Waals surface area (Å²) in [5.41, 5.74) is 1.30. The van der Waals surface area contributed by atoms with E-state index in [9.17, 15) is 13.2 Å². The Morgan fingerprint density at radius 2 is 1.80 bits per heavy atom. The highest BCUT2D eigenvalue weighted by Gasteiger charge is 2.28. The molecule has 0 amide bonds. The van der Waals surface area contributed by atoms with Gasteiger partial charge < -0.3 is 10.1 Å². The van der Waals surface area contributed by atoms with Crippen LogP contribution in [0.3, 0.4) is 0 Å². The molecule has 1 N–H and O–H groups in total. The van der Waals surface area contributed by atoms with E-state index < -0.39 is 12.8 Å². The van der Waals surface area contributed by atoms with Crippen LogP contribution in [0, 0.1) is 0 Å². The van der Waals surface area contributed by atoms with Crippen LogP contribution in [0.25, 0.3) is 0 Å². The smallest absolute Gasteiger partial charge is 0.422 e. The van der Waals surface area contributed by atoms with E-state index in [2.05, 4.69) is 15.3 Å². The summed E-state index contributed by atoms with van der Waals surface area (Å²) in [6.07, 6.45) is 0.294. The number of para-hydroxylation sites is 2. The molecule has 20 heavy (non-hydrogen) atoms. The Balaban J connectivity index is 2.01. The lowest BCUT2D eigenvalue weighted by Gasteiger charge is -2.14. The summed E-state index contributed by atoms with van der Waals surface area (Å²) in [5.74, 6) is 0.154. The summed E-state index contributed by atoms with van der Waals surface area (Å²) in [4.78, 5) is 7.71. The molecule has 0 aliphatic heterocycles. The van der Waals surface area contributed by atoms with Crippen molar-refractivity contribution in [1.29, 1.82) is 0 Å². The molecule has 0 spiro atoms. The minimum absolute atomic E-state index is 0.154. The molecule has 2 aromatic rings. The standard InChI is InChI=1S/C13H12F3N3O/c14-13(15,16)8-20-12-4-2-1-3-11(12)19-7-10-5-17-9-18-6-10/h1-6,9,19H,7-8H2. The van der Waals surface area contributed by atoms with Crippen LogP contribution in [0.1, 0.15) is 5.56 Å². The van der Waals surface area contributed by atoms with Gasteiger partial charge in [-0.25, -0.2) is 9.97 Å². The third-order valence-corrected chi connectivity index (χ3v) is 2.38. The molecule has 0 aliphatic rings. The molecule has 0 saturated heterocycles. The Bertz CT molecular complexity index is 546. The van der Waals surface area contributed by atoms with Gasteiger partial charge in [0.15, 0.2) is 6.61 Å². The van der Waals surface area contributed by atoms with Gasteiger partial charge in [0.1, 0.15) is 12.1 Å². The van der Waals surface area contributed by atoms with Crippen LogP contribution >= 0.6 is 0 Å². The quantitative estimate of drug-likeness (QED) is 0.916. The van der Waals surface area contributed by atoms with Gasteiger partial charge in [-0.05, 0) is 12.1 Å². The summed E-state index contributed by atoms with van der Waals surface area (Å²) in [6, 6.07) is 6.46. The first-order chi connectivity index (χ1) is 9.54. The lowest BCUT2D eigenvalue weighted by Crippen LogP contribution is -2.19. The maximum atomic E-state index is 12.2. The Kier molecular flexibility index (Phi) is 4.39. The van der Waals surface area contributed by atoms with Crippen LogP contribution in [0.5, 0.6) is 5.75 Å². The van der Waals surface area contributed by atoms with Crippen LogP contribution in [-0.4, -0.2) is 22.8 Å². The molecule has 0 unspecified atom stereocenters. The lowest BCUT2D eigenvalue weighted by molar-refractivity contribution is -0.153. The second-order valence-corrected chi connectivity index (χ2v) is 4.00. The van der Waals surface area contributed by atoms with Gasteiger partial charge in [-0.2, -0.15) is 13.2 Å². The molecular weight excluding hydrogens is 271 g/mol. The molecule has 1 aromatic carbocycles. The van der Waals surface area contributed by atoms with E-state index in [-0.39, 0.29) is 5.75 Å². The van der Waals surface area contributed by atoms with Crippen molar-refractivity contribution in [1.82, 2.24) is 9.97 Å². The number of ether oxygens (including phenoxy) is 1. The van der Waals surface area contributed by atoms with Gasteiger partial charge in [0.25, 0.3) is 0 Å². The van der Waals surface area contributed by atoms with Crippen molar-refractivity contribution < 1.29 is 17.9 Å². The van der Waals surface area contributed by atoms with Crippen LogP contribution in [0.4, 0.5) is 18.9 Å². The number of hydrogen-bond donors (Lipinski definition) is 1. The van der Waals surface area contributed by atoms with E-state index in [0.717, 1.165) is 5.56 Å². The van der Waals surface area contributed by atoms with Crippen molar-refractivity contribution in [2.75, 3.05) is 11.9 Å². The zero-order valence-electron chi connectivity index (χ0n) is 10.4. The molecule has 0 fully saturated rings. The number of hydrogen-bond acceptors (Lipinski definition) is 4. The molecule has 1 heterocycles. The topological polar surface area (TPSA) is 47.0 Å². The van der Waals surface area contributed by atoms with Crippen LogP contribution in [0.2, 0.25) is 0 Å². The van der Waals surface area contributed by atoms with Gasteiger partial charge in [0.2, 0.25) is 0 Å². The Morgan fingerprint density at radius 1 is 1.10 bits per heavy atom. The van der Waals surface area contributed by atoms with Crippen LogP contribution in [-0.2, 0) is 6.54 Å². The first-order valence-electron chi connectivity index (χ1n) is 5.81. The second-order valence-electron chi connectivity index (χ2n) is 4.00. The fourth-order valence-corrected chi connectivity index (χ4v) is 1.52. The summed E-state index contributed by atoms with van der Waals surface area (Å²) in [5, 5.41) is 2.99. The van der Waals surface area contributed by atoms with E-state index in [1.807, 2.05) is 0 Å². The fraction of sp³-hybridized carbons (Fsp3) is 0.231. The average Bonchev–Trinajstić information content (AvgIpc) is 2.44. The molecule has 7 heteroatoms. The highest BCUT2D eigenvalue weighted by Crippen LogP contribution is 2.26. The van der Waals surface area contributed by atoms with Crippen molar-refractivity contribution in [3.63, 3.8) is 0 Å². The molecule has 0 aliphatic carbocycles. The van der Waals surface area contributed by atoms with E-state index >= 15 is 0 Å². The van der Waals surface area contributed by atoms with Gasteiger partial charge in [-0.1, -0.05) is 12.1 Å². The monoisotopic (exact) mass is 283 g/mol. The number of alkyl halides is 3. The minimum atomic E-state index is -4.36. The SMILES string of the molecule is FC(F)(F)COc1ccccc1NCc1cncnc1. The van der Waals surface area contributed by atoms with E-state index in [1.165, 1.54) is 12.4 Å². The van der Waals surface area contributed by atoms with E-state index in [4.69, 9.17) is 4.74 Å². The van der Waals surface area contributed by atoms with Gasteiger partial charge in [-0.15, -0.1) is 0 Å². The third-order valence-electron chi connectivity index (χ3n) is 2.38. The Morgan fingerprint density at radius 3 is 2.50 bits per heavy atom. The number of rotatable bonds is 5. The largest absolute Gasteiger partial charge is 0.482 e. The Hall–Kier alpha value is -2.31. The first-order valence-corrected chi connectivity index (χ1v) is 5.81. The maximum absolute atomic E-state index is 12.2. The van der Waals surface area contributed by atoms with Crippen molar-refractivity contribution in [2.45, 2.75) is 12.7 Å². The summed E-state index contributed by atoms with van der Waals surface area (Å²) in [7, 11) is 0. The predicted octanol–water partition coefficient (Wildman–Crippen LogP) is 3.03. The number of anilines is 1. The first kappa shape index (κ1) is 14.1. The summed E-state index contributed by atoms with van der Waals surface area (Å²) in [6.45, 7) is -0.923. The molecule has 0 saturated carbocycles. The Labute approximate surface area is 113 Å². The van der Waals surface area contributed by atoms with Crippen LogP contribution < -0.4 is 10.1 Å². The molecule has 106 valence electrons. The lowest BCUT2D eigenvalue weighted by atomic mass is 10.2. The minimum Gasteiger partial charge on any atom is -0.482 e. The molecule has 4 nitrogen and oxygen atoms in total. The third kappa shape index (κ3) is 4.42. The van der Waals surface area contributed by atoms with Gasteiger partial charge in [0.05, 0.1) is 5.69 Å². The number of benzene rings is 1. The van der Waals surface area contributed by atoms with Crippen molar-refractivity contribution >= 4 is 5.69 Å². The number of aromatic nitrogens is 2. The molecule has 1 aromatic heterocycles. The zero-order valence-corrected chi connectivity index (χ0v) is 10.4. The zero-order chi connectivity index (χ0) is 14.4. The van der Waals surface area contributed by atoms with Crippen molar-refractivity contribution in [2.24, 2.45) is 0 Å². The van der Waals surface area contributed by atoms with E-state index in [0.29, 0.717) is 12.2 Å². The van der Waals surface area contributed by atoms with Crippen molar-refractivity contribution in [3.05, 3.63) is 48.5 Å². The predicted molar refractivity (Wildman–Crippen MR) is 67.4 cm³/mol. The summed E-state index contributed by atoms with van der Waals surface area (Å²) < 4.78 is 41.3.